The molecule has 0 saturated heterocycles. The molecule has 1 atom stereocenters. The van der Waals surface area contributed by atoms with Crippen LogP contribution in [0.15, 0.2) is 48.5 Å². The van der Waals surface area contributed by atoms with Crippen LogP contribution in [0.4, 0.5) is 0 Å². The highest BCUT2D eigenvalue weighted by molar-refractivity contribution is 6.30. The molecule has 0 aliphatic carbocycles. The average Bonchev–Trinajstić information content (AvgIpc) is 3.12. The van der Waals surface area contributed by atoms with Gasteiger partial charge in [0.1, 0.15) is 11.4 Å². The summed E-state index contributed by atoms with van der Waals surface area (Å²) >= 11 is 5.94. The lowest BCUT2D eigenvalue weighted by atomic mass is 10.0. The molecule has 0 bridgehead atoms. The number of benzene rings is 2. The molecule has 1 unspecified atom stereocenters. The van der Waals surface area contributed by atoms with E-state index in [2.05, 4.69) is 10.3 Å². The van der Waals surface area contributed by atoms with Crippen molar-refractivity contribution < 1.29 is 19.1 Å². The van der Waals surface area contributed by atoms with Gasteiger partial charge in [0.05, 0.1) is 26.2 Å². The van der Waals surface area contributed by atoms with Crippen molar-refractivity contribution in [2.45, 2.75) is 19.4 Å². The Morgan fingerprint density at radius 2 is 1.89 bits per heavy atom. The number of carbonyl (C=O) groups excluding carboxylic acids is 2. The minimum Gasteiger partial charge on any atom is -0.494 e. The van der Waals surface area contributed by atoms with E-state index in [1.165, 1.54) is 7.11 Å². The molecule has 3 rings (SSSR count). The van der Waals surface area contributed by atoms with Gasteiger partial charge in [-0.05, 0) is 42.8 Å². The summed E-state index contributed by atoms with van der Waals surface area (Å²) in [6.45, 7) is 2.48. The molecule has 1 amide bonds. The number of nitrogens with one attached hydrogen (secondary N) is 2. The fraction of sp³-hybridized carbons (Fsp3) is 0.238. The van der Waals surface area contributed by atoms with Crippen LogP contribution in [0, 0.1) is 0 Å². The first-order chi connectivity index (χ1) is 13.5. The Morgan fingerprint density at radius 3 is 2.57 bits per heavy atom. The van der Waals surface area contributed by atoms with Crippen LogP contribution in [0.3, 0.4) is 0 Å². The largest absolute Gasteiger partial charge is 0.494 e. The van der Waals surface area contributed by atoms with Gasteiger partial charge < -0.3 is 19.8 Å². The molecule has 0 saturated carbocycles. The van der Waals surface area contributed by atoms with Crippen LogP contribution >= 0.6 is 11.6 Å². The van der Waals surface area contributed by atoms with Gasteiger partial charge in [0.15, 0.2) is 0 Å². The third kappa shape index (κ3) is 4.64. The number of hydrogen-bond acceptors (Lipinski definition) is 4. The number of halogens is 1. The van der Waals surface area contributed by atoms with Gasteiger partial charge >= 0.3 is 5.97 Å². The molecule has 0 aliphatic rings. The lowest BCUT2D eigenvalue weighted by molar-refractivity contribution is -0.141. The molecule has 0 aliphatic heterocycles. The third-order valence-electron chi connectivity index (χ3n) is 4.33. The summed E-state index contributed by atoms with van der Waals surface area (Å²) in [5.41, 5.74) is 1.96. The van der Waals surface area contributed by atoms with Crippen molar-refractivity contribution in [1.29, 1.82) is 0 Å². The number of H-pyrrole nitrogens is 1. The number of rotatable bonds is 7. The molecule has 2 N–H and O–H groups in total. The van der Waals surface area contributed by atoms with Gasteiger partial charge in [-0.15, -0.1) is 0 Å². The molecular formula is C21H21ClN2O4. The predicted octanol–water partition coefficient (Wildman–Crippen LogP) is 4.25. The zero-order valence-electron chi connectivity index (χ0n) is 15.6. The number of fused-ring (bicyclic) bond motifs is 1. The Labute approximate surface area is 167 Å². The van der Waals surface area contributed by atoms with Gasteiger partial charge in [-0.25, -0.2) is 0 Å². The monoisotopic (exact) mass is 400 g/mol. The first-order valence-corrected chi connectivity index (χ1v) is 9.26. The molecule has 6 nitrogen and oxygen atoms in total. The molecule has 0 fully saturated rings. The highest BCUT2D eigenvalue weighted by Crippen LogP contribution is 2.24. The standard InChI is InChI=1S/C21H21ClN2O4/c1-3-28-16-9-6-14-10-19(23-17(14)11-16)21(26)24-18(12-20(25)27-2)13-4-7-15(22)8-5-13/h4-11,18,23H,3,12H2,1-2H3,(H,24,26). The predicted molar refractivity (Wildman–Crippen MR) is 108 cm³/mol. The molecule has 1 aromatic heterocycles. The molecule has 7 heteroatoms. The number of hydrogen-bond donors (Lipinski definition) is 2. The summed E-state index contributed by atoms with van der Waals surface area (Å²) in [7, 11) is 1.32. The maximum atomic E-state index is 12.8. The van der Waals surface area contributed by atoms with Crippen LogP contribution in [-0.2, 0) is 9.53 Å². The number of amides is 1. The zero-order valence-corrected chi connectivity index (χ0v) is 16.4. The first-order valence-electron chi connectivity index (χ1n) is 8.89. The Kier molecular flexibility index (Phi) is 6.21. The lowest BCUT2D eigenvalue weighted by Gasteiger charge is -2.18. The Hall–Kier alpha value is -2.99. The van der Waals surface area contributed by atoms with E-state index >= 15 is 0 Å². The SMILES string of the molecule is CCOc1ccc2cc(C(=O)NC(CC(=O)OC)c3ccc(Cl)cc3)[nH]c2c1. The van der Waals surface area contributed by atoms with Gasteiger partial charge in [0, 0.05) is 22.0 Å². The van der Waals surface area contributed by atoms with Crippen molar-refractivity contribution in [3.8, 4) is 5.75 Å². The second-order valence-electron chi connectivity index (χ2n) is 6.22. The van der Waals surface area contributed by atoms with Crippen molar-refractivity contribution >= 4 is 34.4 Å². The van der Waals surface area contributed by atoms with Crippen LogP contribution < -0.4 is 10.1 Å². The Bertz CT molecular complexity index is 982. The number of esters is 1. The molecule has 0 spiro atoms. The van der Waals surface area contributed by atoms with Gasteiger partial charge in [-0.3, -0.25) is 9.59 Å². The normalized spacial score (nSPS) is 11.8. The maximum Gasteiger partial charge on any atom is 0.307 e. The van der Waals surface area contributed by atoms with E-state index in [1.807, 2.05) is 25.1 Å². The fourth-order valence-corrected chi connectivity index (χ4v) is 3.04. The number of carbonyl (C=O) groups is 2. The quantitative estimate of drug-likeness (QED) is 0.581. The number of methoxy groups -OCH3 is 1. The summed E-state index contributed by atoms with van der Waals surface area (Å²) in [4.78, 5) is 27.7. The minimum atomic E-state index is -0.539. The zero-order chi connectivity index (χ0) is 20.1. The molecule has 2 aromatic carbocycles. The summed E-state index contributed by atoms with van der Waals surface area (Å²) in [6, 6.07) is 13.8. The second kappa shape index (κ2) is 8.80. The lowest BCUT2D eigenvalue weighted by Crippen LogP contribution is -2.30. The third-order valence-corrected chi connectivity index (χ3v) is 4.58. The van der Waals surface area contributed by atoms with E-state index in [-0.39, 0.29) is 12.3 Å². The molecule has 1 heterocycles. The summed E-state index contributed by atoms with van der Waals surface area (Å²) in [6.07, 6.45) is 0.0125. The van der Waals surface area contributed by atoms with Crippen molar-refractivity contribution in [2.75, 3.05) is 13.7 Å². The molecule has 0 radical (unpaired) electrons. The maximum absolute atomic E-state index is 12.8. The van der Waals surface area contributed by atoms with E-state index in [1.54, 1.807) is 30.3 Å². The smallest absolute Gasteiger partial charge is 0.307 e. The van der Waals surface area contributed by atoms with Gasteiger partial charge in [0.25, 0.3) is 5.91 Å². The van der Waals surface area contributed by atoms with Gasteiger partial charge in [-0.1, -0.05) is 23.7 Å². The van der Waals surface area contributed by atoms with E-state index in [0.717, 1.165) is 22.2 Å². The van der Waals surface area contributed by atoms with Gasteiger partial charge in [-0.2, -0.15) is 0 Å². The minimum absolute atomic E-state index is 0.0125. The van der Waals surface area contributed by atoms with E-state index in [4.69, 9.17) is 21.1 Å². The number of aromatic amines is 1. The van der Waals surface area contributed by atoms with Crippen LogP contribution in [0.25, 0.3) is 10.9 Å². The van der Waals surface area contributed by atoms with Gasteiger partial charge in [0.2, 0.25) is 0 Å². The molecular weight excluding hydrogens is 380 g/mol. The Balaban J connectivity index is 1.83. The highest BCUT2D eigenvalue weighted by Gasteiger charge is 2.21. The Morgan fingerprint density at radius 1 is 1.14 bits per heavy atom. The topological polar surface area (TPSA) is 80.4 Å². The van der Waals surface area contributed by atoms with Crippen molar-refractivity contribution in [3.05, 3.63) is 64.8 Å². The second-order valence-corrected chi connectivity index (χ2v) is 6.66. The fourth-order valence-electron chi connectivity index (χ4n) is 2.92. The van der Waals surface area contributed by atoms with E-state index in [9.17, 15) is 9.59 Å². The molecule has 146 valence electrons. The molecule has 28 heavy (non-hydrogen) atoms. The molecule has 3 aromatic rings. The van der Waals surface area contributed by atoms with Crippen molar-refractivity contribution in [2.24, 2.45) is 0 Å². The highest BCUT2D eigenvalue weighted by atomic mass is 35.5. The van der Waals surface area contributed by atoms with Crippen LogP contribution in [0.2, 0.25) is 5.02 Å². The van der Waals surface area contributed by atoms with Crippen LogP contribution in [0.1, 0.15) is 35.4 Å². The summed E-state index contributed by atoms with van der Waals surface area (Å²) < 4.78 is 10.2. The van der Waals surface area contributed by atoms with Crippen molar-refractivity contribution in [1.82, 2.24) is 10.3 Å². The van der Waals surface area contributed by atoms with Crippen LogP contribution in [-0.4, -0.2) is 30.6 Å². The average molecular weight is 401 g/mol. The van der Waals surface area contributed by atoms with Crippen molar-refractivity contribution in [3.63, 3.8) is 0 Å². The van der Waals surface area contributed by atoms with Crippen LogP contribution in [0.5, 0.6) is 5.75 Å². The van der Waals surface area contributed by atoms with E-state index < -0.39 is 12.0 Å². The summed E-state index contributed by atoms with van der Waals surface area (Å²) in [5.74, 6) is -0.00944. The van der Waals surface area contributed by atoms with E-state index in [0.29, 0.717) is 17.3 Å². The number of ether oxygens (including phenoxy) is 2. The number of aromatic nitrogens is 1. The summed E-state index contributed by atoms with van der Waals surface area (Å²) in [5, 5.41) is 4.36. The first kappa shape index (κ1) is 19.8.